The molecule has 1 atom stereocenters. The number of carbonyl (C=O) groups excluding carboxylic acids is 1. The van der Waals surface area contributed by atoms with Crippen LogP contribution in [0.15, 0.2) is 41.0 Å². The Morgan fingerprint density at radius 1 is 1.35 bits per heavy atom. The molecule has 0 aliphatic heterocycles. The number of aliphatic carboxylic acids is 1. The lowest BCUT2D eigenvalue weighted by molar-refractivity contribution is -0.141. The van der Waals surface area contributed by atoms with Crippen molar-refractivity contribution in [2.24, 2.45) is 5.92 Å². The van der Waals surface area contributed by atoms with Crippen LogP contribution < -0.4 is 5.32 Å². The number of aromatic nitrogens is 1. The molecule has 1 aromatic carbocycles. The number of benzene rings is 1. The van der Waals surface area contributed by atoms with Crippen LogP contribution >= 0.6 is 0 Å². The maximum absolute atomic E-state index is 11.9. The number of urea groups is 1. The van der Waals surface area contributed by atoms with Crippen LogP contribution in [-0.2, 0) is 11.3 Å². The maximum Gasteiger partial charge on any atom is 0.317 e. The lowest BCUT2D eigenvalue weighted by Gasteiger charge is -2.19. The Morgan fingerprint density at radius 3 is 2.70 bits per heavy atom. The van der Waals surface area contributed by atoms with E-state index in [0.717, 1.165) is 5.56 Å². The Morgan fingerprint density at radius 2 is 2.04 bits per heavy atom. The lowest BCUT2D eigenvalue weighted by Crippen LogP contribution is -2.40. The Balaban J connectivity index is 1.87. The van der Waals surface area contributed by atoms with Crippen LogP contribution in [0.5, 0.6) is 0 Å². The Bertz CT molecular complexity index is 669. The molecule has 2 amide bonds. The van der Waals surface area contributed by atoms with Gasteiger partial charge in [0, 0.05) is 19.2 Å². The number of nitrogens with zero attached hydrogens (tertiary/aromatic N) is 2. The van der Waals surface area contributed by atoms with Crippen LogP contribution in [0.25, 0.3) is 11.5 Å². The van der Waals surface area contributed by atoms with E-state index in [1.54, 1.807) is 14.0 Å². The average molecular weight is 317 g/mol. The molecule has 0 aliphatic rings. The molecule has 0 radical (unpaired) electrons. The number of carboxylic acid groups (broad SMARTS) is 1. The summed E-state index contributed by atoms with van der Waals surface area (Å²) in [5, 5.41) is 11.5. The fourth-order valence-corrected chi connectivity index (χ4v) is 1.97. The van der Waals surface area contributed by atoms with Crippen molar-refractivity contribution in [2.75, 3.05) is 13.6 Å². The standard InChI is InChI=1S/C16H19N3O4/c1-11(15(20)21)9-19(2)16(22)17-8-13-10-23-14(18-13)12-6-4-3-5-7-12/h3-7,10-11H,8-9H2,1-2H3,(H,17,22)(H,20,21). The highest BCUT2D eigenvalue weighted by Gasteiger charge is 2.17. The van der Waals surface area contributed by atoms with Gasteiger partial charge < -0.3 is 19.7 Å². The highest BCUT2D eigenvalue weighted by atomic mass is 16.4. The summed E-state index contributed by atoms with van der Waals surface area (Å²) in [6.07, 6.45) is 1.49. The number of hydrogen-bond acceptors (Lipinski definition) is 4. The summed E-state index contributed by atoms with van der Waals surface area (Å²) in [4.78, 5) is 28.3. The maximum atomic E-state index is 11.9. The van der Waals surface area contributed by atoms with E-state index in [1.165, 1.54) is 11.2 Å². The largest absolute Gasteiger partial charge is 0.481 e. The predicted octanol–water partition coefficient (Wildman–Crippen LogP) is 2.20. The van der Waals surface area contributed by atoms with Gasteiger partial charge in [0.25, 0.3) is 0 Å². The van der Waals surface area contributed by atoms with Crippen molar-refractivity contribution in [1.29, 1.82) is 0 Å². The van der Waals surface area contributed by atoms with E-state index >= 15 is 0 Å². The van der Waals surface area contributed by atoms with E-state index in [4.69, 9.17) is 9.52 Å². The zero-order chi connectivity index (χ0) is 16.8. The second kappa shape index (κ2) is 7.44. The van der Waals surface area contributed by atoms with Crippen LogP contribution in [0.1, 0.15) is 12.6 Å². The normalized spacial score (nSPS) is 11.7. The first kappa shape index (κ1) is 16.5. The molecule has 7 nitrogen and oxygen atoms in total. The minimum Gasteiger partial charge on any atom is -0.481 e. The zero-order valence-corrected chi connectivity index (χ0v) is 13.0. The van der Waals surface area contributed by atoms with Crippen molar-refractivity contribution < 1.29 is 19.1 Å². The van der Waals surface area contributed by atoms with Crippen LogP contribution in [0.4, 0.5) is 4.79 Å². The van der Waals surface area contributed by atoms with Crippen LogP contribution in [0.3, 0.4) is 0 Å². The quantitative estimate of drug-likeness (QED) is 0.851. The van der Waals surface area contributed by atoms with Crippen molar-refractivity contribution >= 4 is 12.0 Å². The molecule has 0 aliphatic carbocycles. The van der Waals surface area contributed by atoms with Gasteiger partial charge in [-0.2, -0.15) is 0 Å². The molecule has 1 unspecified atom stereocenters. The van der Waals surface area contributed by atoms with Crippen LogP contribution in [0.2, 0.25) is 0 Å². The molecule has 0 saturated carbocycles. The number of carbonyl (C=O) groups is 2. The van der Waals surface area contributed by atoms with E-state index in [0.29, 0.717) is 11.6 Å². The second-order valence-electron chi connectivity index (χ2n) is 5.29. The third-order valence-electron chi connectivity index (χ3n) is 3.31. The fourth-order valence-electron chi connectivity index (χ4n) is 1.97. The summed E-state index contributed by atoms with van der Waals surface area (Å²) in [5.41, 5.74) is 1.45. The Labute approximate surface area is 133 Å². The van der Waals surface area contributed by atoms with Gasteiger partial charge in [0.05, 0.1) is 18.2 Å². The van der Waals surface area contributed by atoms with Gasteiger partial charge in [-0.3, -0.25) is 4.79 Å². The number of hydrogen-bond donors (Lipinski definition) is 2. The first-order chi connectivity index (χ1) is 11.0. The monoisotopic (exact) mass is 317 g/mol. The summed E-state index contributed by atoms with van der Waals surface area (Å²) < 4.78 is 5.39. The summed E-state index contributed by atoms with van der Waals surface area (Å²) in [6, 6.07) is 9.09. The smallest absolute Gasteiger partial charge is 0.317 e. The molecule has 122 valence electrons. The number of nitrogens with one attached hydrogen (secondary N) is 1. The lowest BCUT2D eigenvalue weighted by atomic mass is 10.2. The summed E-state index contributed by atoms with van der Waals surface area (Å²) in [5.74, 6) is -1.07. The highest BCUT2D eigenvalue weighted by molar-refractivity contribution is 5.75. The molecule has 0 spiro atoms. The average Bonchev–Trinajstić information content (AvgIpc) is 3.02. The van der Waals surface area contributed by atoms with E-state index in [9.17, 15) is 9.59 Å². The van der Waals surface area contributed by atoms with Gasteiger partial charge in [-0.15, -0.1) is 0 Å². The molecule has 1 aromatic heterocycles. The SMILES string of the molecule is CC(CN(C)C(=O)NCc1coc(-c2ccccc2)n1)C(=O)O. The van der Waals surface area contributed by atoms with Crippen LogP contribution in [-0.4, -0.2) is 40.6 Å². The number of amides is 2. The van der Waals surface area contributed by atoms with Crippen molar-refractivity contribution in [3.8, 4) is 11.5 Å². The van der Waals surface area contributed by atoms with Crippen molar-refractivity contribution in [3.63, 3.8) is 0 Å². The molecule has 1 heterocycles. The molecule has 2 N–H and O–H groups in total. The van der Waals surface area contributed by atoms with E-state index < -0.39 is 11.9 Å². The predicted molar refractivity (Wildman–Crippen MR) is 83.6 cm³/mol. The third-order valence-corrected chi connectivity index (χ3v) is 3.31. The third kappa shape index (κ3) is 4.57. The van der Waals surface area contributed by atoms with Gasteiger partial charge >= 0.3 is 12.0 Å². The first-order valence-corrected chi connectivity index (χ1v) is 7.19. The highest BCUT2D eigenvalue weighted by Crippen LogP contribution is 2.17. The van der Waals surface area contributed by atoms with Crippen molar-refractivity contribution in [2.45, 2.75) is 13.5 Å². The number of rotatable bonds is 6. The van der Waals surface area contributed by atoms with Gasteiger partial charge in [-0.25, -0.2) is 9.78 Å². The van der Waals surface area contributed by atoms with Gasteiger partial charge in [-0.1, -0.05) is 25.1 Å². The van der Waals surface area contributed by atoms with E-state index in [2.05, 4.69) is 10.3 Å². The number of oxazole rings is 1. The summed E-state index contributed by atoms with van der Waals surface area (Å²) >= 11 is 0. The summed E-state index contributed by atoms with van der Waals surface area (Å²) in [7, 11) is 1.55. The number of carboxylic acids is 1. The van der Waals surface area contributed by atoms with Crippen molar-refractivity contribution in [3.05, 3.63) is 42.3 Å². The van der Waals surface area contributed by atoms with Gasteiger partial charge in [0.2, 0.25) is 5.89 Å². The van der Waals surface area contributed by atoms with Gasteiger partial charge in [-0.05, 0) is 12.1 Å². The van der Waals surface area contributed by atoms with Gasteiger partial charge in [0.1, 0.15) is 6.26 Å². The van der Waals surface area contributed by atoms with Crippen LogP contribution in [0, 0.1) is 5.92 Å². The molecular weight excluding hydrogens is 298 g/mol. The van der Waals surface area contributed by atoms with E-state index in [1.807, 2.05) is 30.3 Å². The van der Waals surface area contributed by atoms with Gasteiger partial charge in [0.15, 0.2) is 0 Å². The molecule has 0 saturated heterocycles. The Kier molecular flexibility index (Phi) is 5.35. The van der Waals surface area contributed by atoms with Crippen molar-refractivity contribution in [1.82, 2.24) is 15.2 Å². The molecular formula is C16H19N3O4. The van der Waals surface area contributed by atoms with E-state index in [-0.39, 0.29) is 19.1 Å². The fraction of sp³-hybridized carbons (Fsp3) is 0.312. The molecule has 7 heteroatoms. The molecule has 0 fully saturated rings. The molecule has 2 aromatic rings. The first-order valence-electron chi connectivity index (χ1n) is 7.19. The Hall–Kier alpha value is -2.83. The summed E-state index contributed by atoms with van der Waals surface area (Å²) in [6.45, 7) is 1.89. The minimum atomic E-state index is -0.936. The second-order valence-corrected chi connectivity index (χ2v) is 5.29. The zero-order valence-electron chi connectivity index (χ0n) is 13.0. The molecule has 2 rings (SSSR count). The minimum absolute atomic E-state index is 0.134. The topological polar surface area (TPSA) is 95.7 Å². The molecule has 23 heavy (non-hydrogen) atoms. The molecule has 0 bridgehead atoms.